The SMILES string of the molecule is CC(C)c1cc(C(=O)N2CCCc3c(N)cccc32)nn1C(C)(C)C.Cl. The maximum Gasteiger partial charge on any atom is 0.278 e. The number of aromatic nitrogens is 2. The van der Waals surface area contributed by atoms with E-state index in [1.807, 2.05) is 33.8 Å². The summed E-state index contributed by atoms with van der Waals surface area (Å²) in [5, 5.41) is 4.67. The van der Waals surface area contributed by atoms with Crippen molar-refractivity contribution in [2.24, 2.45) is 0 Å². The minimum absolute atomic E-state index is 0. The van der Waals surface area contributed by atoms with Crippen LogP contribution in [0.5, 0.6) is 0 Å². The monoisotopic (exact) mass is 376 g/mol. The molecule has 1 aliphatic rings. The number of nitrogen functional groups attached to an aromatic ring is 1. The van der Waals surface area contributed by atoms with Crippen molar-refractivity contribution in [3.8, 4) is 0 Å². The molecule has 0 saturated heterocycles. The summed E-state index contributed by atoms with van der Waals surface area (Å²) in [7, 11) is 0. The third kappa shape index (κ3) is 3.58. The van der Waals surface area contributed by atoms with Crippen LogP contribution in [0.25, 0.3) is 0 Å². The van der Waals surface area contributed by atoms with Gasteiger partial charge >= 0.3 is 0 Å². The van der Waals surface area contributed by atoms with Gasteiger partial charge in [0.2, 0.25) is 0 Å². The lowest BCUT2D eigenvalue weighted by molar-refractivity contribution is 0.0979. The summed E-state index contributed by atoms with van der Waals surface area (Å²) in [6, 6.07) is 7.73. The molecule has 2 heterocycles. The van der Waals surface area contributed by atoms with Crippen LogP contribution in [0.1, 0.15) is 68.7 Å². The van der Waals surface area contributed by atoms with Gasteiger partial charge in [0.25, 0.3) is 5.91 Å². The predicted molar refractivity (Wildman–Crippen MR) is 109 cm³/mol. The molecule has 0 fully saturated rings. The Balaban J connectivity index is 0.00000243. The Hall–Kier alpha value is -2.01. The van der Waals surface area contributed by atoms with E-state index in [1.54, 1.807) is 0 Å². The molecule has 1 aromatic heterocycles. The van der Waals surface area contributed by atoms with Gasteiger partial charge in [0.05, 0.1) is 5.54 Å². The Morgan fingerprint density at radius 3 is 2.54 bits per heavy atom. The summed E-state index contributed by atoms with van der Waals surface area (Å²) in [4.78, 5) is 15.0. The Morgan fingerprint density at radius 1 is 1.27 bits per heavy atom. The van der Waals surface area contributed by atoms with E-state index < -0.39 is 0 Å². The van der Waals surface area contributed by atoms with Crippen molar-refractivity contribution in [1.29, 1.82) is 0 Å². The molecule has 0 saturated carbocycles. The molecule has 5 nitrogen and oxygen atoms in total. The van der Waals surface area contributed by atoms with Gasteiger partial charge in [-0.1, -0.05) is 19.9 Å². The Bertz CT molecular complexity index is 805. The van der Waals surface area contributed by atoms with Gasteiger partial charge in [-0.15, -0.1) is 12.4 Å². The highest BCUT2D eigenvalue weighted by atomic mass is 35.5. The van der Waals surface area contributed by atoms with Gasteiger partial charge < -0.3 is 10.6 Å². The van der Waals surface area contributed by atoms with Crippen molar-refractivity contribution in [2.75, 3.05) is 17.2 Å². The molecule has 3 rings (SSSR count). The minimum atomic E-state index is -0.164. The number of hydrogen-bond acceptors (Lipinski definition) is 3. The number of halogens is 1. The number of nitrogens with two attached hydrogens (primary N) is 1. The van der Waals surface area contributed by atoms with Crippen LogP contribution in [0, 0.1) is 0 Å². The second-order valence-electron chi connectivity index (χ2n) is 8.10. The number of fused-ring (bicyclic) bond motifs is 1. The molecule has 1 aromatic carbocycles. The number of benzene rings is 1. The highest BCUT2D eigenvalue weighted by Crippen LogP contribution is 2.33. The van der Waals surface area contributed by atoms with E-state index in [-0.39, 0.29) is 23.9 Å². The van der Waals surface area contributed by atoms with Crippen molar-refractivity contribution < 1.29 is 4.79 Å². The third-order valence-corrected chi connectivity index (χ3v) is 4.71. The number of amides is 1. The number of carbonyl (C=O) groups excluding carboxylic acids is 1. The molecule has 142 valence electrons. The van der Waals surface area contributed by atoms with Crippen LogP contribution in [0.2, 0.25) is 0 Å². The summed E-state index contributed by atoms with van der Waals surface area (Å²) >= 11 is 0. The van der Waals surface area contributed by atoms with E-state index in [9.17, 15) is 4.79 Å². The lowest BCUT2D eigenvalue weighted by atomic mass is 9.99. The average molecular weight is 377 g/mol. The topological polar surface area (TPSA) is 64.2 Å². The van der Waals surface area contributed by atoms with Gasteiger partial charge in [0.1, 0.15) is 0 Å². The largest absolute Gasteiger partial charge is 0.398 e. The Morgan fingerprint density at radius 2 is 1.96 bits per heavy atom. The van der Waals surface area contributed by atoms with E-state index in [1.165, 1.54) is 0 Å². The molecule has 2 aromatic rings. The van der Waals surface area contributed by atoms with Gasteiger partial charge in [0.15, 0.2) is 5.69 Å². The third-order valence-electron chi connectivity index (χ3n) is 4.71. The minimum Gasteiger partial charge on any atom is -0.398 e. The van der Waals surface area contributed by atoms with Gasteiger partial charge in [-0.2, -0.15) is 5.10 Å². The second-order valence-corrected chi connectivity index (χ2v) is 8.10. The summed E-state index contributed by atoms with van der Waals surface area (Å²) in [5.41, 5.74) is 10.3. The Labute approximate surface area is 162 Å². The maximum absolute atomic E-state index is 13.2. The van der Waals surface area contributed by atoms with E-state index in [0.717, 1.165) is 35.5 Å². The van der Waals surface area contributed by atoms with Crippen LogP contribution in [0.4, 0.5) is 11.4 Å². The van der Waals surface area contributed by atoms with Crippen molar-refractivity contribution >= 4 is 29.7 Å². The molecule has 0 atom stereocenters. The van der Waals surface area contributed by atoms with Crippen molar-refractivity contribution in [3.63, 3.8) is 0 Å². The van der Waals surface area contributed by atoms with Gasteiger partial charge in [0, 0.05) is 23.6 Å². The van der Waals surface area contributed by atoms with Gasteiger partial charge in [-0.25, -0.2) is 0 Å². The van der Waals surface area contributed by atoms with E-state index in [4.69, 9.17) is 5.73 Å². The zero-order valence-corrected chi connectivity index (χ0v) is 17.1. The quantitative estimate of drug-likeness (QED) is 0.792. The molecule has 26 heavy (non-hydrogen) atoms. The predicted octanol–water partition coefficient (Wildman–Crippen LogP) is 4.36. The average Bonchev–Trinajstić information content (AvgIpc) is 3.00. The van der Waals surface area contributed by atoms with Crippen LogP contribution in [-0.4, -0.2) is 22.2 Å². The van der Waals surface area contributed by atoms with Crippen LogP contribution >= 0.6 is 12.4 Å². The summed E-state index contributed by atoms with van der Waals surface area (Å²) in [6.07, 6.45) is 1.84. The zero-order chi connectivity index (χ0) is 18.4. The Kier molecular flexibility index (Phi) is 5.71. The van der Waals surface area contributed by atoms with Gasteiger partial charge in [-0.05, 0) is 63.3 Å². The first-order chi connectivity index (χ1) is 11.7. The fourth-order valence-electron chi connectivity index (χ4n) is 3.45. The smallest absolute Gasteiger partial charge is 0.278 e. The number of rotatable bonds is 2. The zero-order valence-electron chi connectivity index (χ0n) is 16.2. The molecule has 0 bridgehead atoms. The summed E-state index contributed by atoms with van der Waals surface area (Å²) in [5.74, 6) is 0.258. The molecule has 0 spiro atoms. The molecular weight excluding hydrogens is 348 g/mol. The molecule has 0 radical (unpaired) electrons. The van der Waals surface area contributed by atoms with Gasteiger partial charge in [-0.3, -0.25) is 9.48 Å². The number of hydrogen-bond donors (Lipinski definition) is 1. The number of carbonyl (C=O) groups is 1. The first-order valence-electron chi connectivity index (χ1n) is 9.00. The molecule has 0 unspecified atom stereocenters. The van der Waals surface area contributed by atoms with Crippen LogP contribution in [-0.2, 0) is 12.0 Å². The lowest BCUT2D eigenvalue weighted by Gasteiger charge is -2.29. The van der Waals surface area contributed by atoms with Crippen LogP contribution in [0.15, 0.2) is 24.3 Å². The van der Waals surface area contributed by atoms with E-state index >= 15 is 0 Å². The van der Waals surface area contributed by atoms with E-state index in [0.29, 0.717) is 18.2 Å². The number of nitrogens with zero attached hydrogens (tertiary/aromatic N) is 3. The second kappa shape index (κ2) is 7.31. The first-order valence-corrected chi connectivity index (χ1v) is 9.00. The molecule has 1 amide bonds. The number of anilines is 2. The normalized spacial score (nSPS) is 14.2. The highest BCUT2D eigenvalue weighted by Gasteiger charge is 2.29. The van der Waals surface area contributed by atoms with E-state index in [2.05, 4.69) is 39.7 Å². The molecule has 2 N–H and O–H groups in total. The fraction of sp³-hybridized carbons (Fsp3) is 0.500. The standard InChI is InChI=1S/C20H28N4O.ClH/c1-13(2)18-12-16(22-24(18)20(3,4)5)19(25)23-11-7-8-14-15(21)9-6-10-17(14)23;/h6,9-10,12-13H,7-8,11,21H2,1-5H3;1H. The molecule has 6 heteroatoms. The first kappa shape index (κ1) is 20.3. The molecule has 1 aliphatic heterocycles. The lowest BCUT2D eigenvalue weighted by Crippen LogP contribution is -2.36. The van der Waals surface area contributed by atoms with Crippen molar-refractivity contribution in [1.82, 2.24) is 9.78 Å². The molecular formula is C20H29ClN4O. The van der Waals surface area contributed by atoms with Crippen molar-refractivity contribution in [3.05, 3.63) is 41.2 Å². The van der Waals surface area contributed by atoms with Crippen LogP contribution < -0.4 is 10.6 Å². The molecule has 0 aliphatic carbocycles. The summed E-state index contributed by atoms with van der Waals surface area (Å²) in [6.45, 7) is 11.3. The highest BCUT2D eigenvalue weighted by molar-refractivity contribution is 6.06. The fourth-order valence-corrected chi connectivity index (χ4v) is 3.45. The van der Waals surface area contributed by atoms with Crippen molar-refractivity contribution in [2.45, 2.75) is 58.9 Å². The maximum atomic E-state index is 13.2. The summed E-state index contributed by atoms with van der Waals surface area (Å²) < 4.78 is 1.98. The van der Waals surface area contributed by atoms with Crippen LogP contribution in [0.3, 0.4) is 0 Å².